The van der Waals surface area contributed by atoms with Crippen molar-refractivity contribution in [3.63, 3.8) is 0 Å². The summed E-state index contributed by atoms with van der Waals surface area (Å²) < 4.78 is 26.6. The first-order valence-corrected chi connectivity index (χ1v) is 6.34. The SMILES string of the molecule is NCC(Cc1cc(F)ccc1F)C1CCCC1. The molecule has 1 atom stereocenters. The number of hydrogen-bond donors (Lipinski definition) is 1. The maximum atomic E-state index is 13.5. The van der Waals surface area contributed by atoms with E-state index in [2.05, 4.69) is 0 Å². The molecule has 0 radical (unpaired) electrons. The standard InChI is InChI=1S/C14H19F2N/c15-13-5-6-14(16)11(8-13)7-12(9-17)10-3-1-2-4-10/h5-6,8,10,12H,1-4,7,9,17H2. The van der Waals surface area contributed by atoms with Gasteiger partial charge in [-0.2, -0.15) is 0 Å². The highest BCUT2D eigenvalue weighted by Crippen LogP contribution is 2.33. The quantitative estimate of drug-likeness (QED) is 0.857. The van der Waals surface area contributed by atoms with Gasteiger partial charge in [-0.05, 0) is 48.6 Å². The van der Waals surface area contributed by atoms with Crippen LogP contribution in [0.25, 0.3) is 0 Å². The van der Waals surface area contributed by atoms with Crippen LogP contribution in [0, 0.1) is 23.5 Å². The molecule has 2 rings (SSSR count). The molecule has 1 nitrogen and oxygen atoms in total. The molecule has 0 saturated heterocycles. The Bertz CT molecular complexity index is 372. The Morgan fingerprint density at radius 2 is 1.94 bits per heavy atom. The molecule has 1 aromatic carbocycles. The van der Waals surface area contributed by atoms with Gasteiger partial charge in [0.25, 0.3) is 0 Å². The third-order valence-electron chi connectivity index (χ3n) is 3.86. The van der Waals surface area contributed by atoms with Crippen LogP contribution in [0.1, 0.15) is 31.2 Å². The molecule has 1 unspecified atom stereocenters. The molecule has 1 aliphatic carbocycles. The summed E-state index contributed by atoms with van der Waals surface area (Å²) in [5.74, 6) is 0.183. The lowest BCUT2D eigenvalue weighted by molar-refractivity contribution is 0.340. The predicted molar refractivity (Wildman–Crippen MR) is 64.6 cm³/mol. The zero-order valence-electron chi connectivity index (χ0n) is 9.96. The summed E-state index contributed by atoms with van der Waals surface area (Å²) in [6.45, 7) is 0.556. The molecule has 2 N–H and O–H groups in total. The van der Waals surface area contributed by atoms with Crippen LogP contribution in [0.3, 0.4) is 0 Å². The van der Waals surface area contributed by atoms with Gasteiger partial charge in [-0.15, -0.1) is 0 Å². The summed E-state index contributed by atoms with van der Waals surface area (Å²) in [7, 11) is 0. The van der Waals surface area contributed by atoms with E-state index < -0.39 is 0 Å². The van der Waals surface area contributed by atoms with Crippen molar-refractivity contribution in [2.75, 3.05) is 6.54 Å². The van der Waals surface area contributed by atoms with E-state index in [1.807, 2.05) is 0 Å². The Balaban J connectivity index is 2.09. The first kappa shape index (κ1) is 12.5. The van der Waals surface area contributed by atoms with Crippen molar-refractivity contribution in [2.45, 2.75) is 32.1 Å². The summed E-state index contributed by atoms with van der Waals surface area (Å²) in [6, 6.07) is 3.66. The lowest BCUT2D eigenvalue weighted by Crippen LogP contribution is -2.24. The number of rotatable bonds is 4. The highest BCUT2D eigenvalue weighted by Gasteiger charge is 2.24. The van der Waals surface area contributed by atoms with E-state index in [1.165, 1.54) is 37.8 Å². The summed E-state index contributed by atoms with van der Waals surface area (Å²) >= 11 is 0. The topological polar surface area (TPSA) is 26.0 Å². The van der Waals surface area contributed by atoms with E-state index in [0.717, 1.165) is 6.07 Å². The minimum atomic E-state index is -0.372. The van der Waals surface area contributed by atoms with E-state index in [-0.39, 0.29) is 17.6 Å². The minimum absolute atomic E-state index is 0.286. The molecule has 17 heavy (non-hydrogen) atoms. The molecule has 3 heteroatoms. The highest BCUT2D eigenvalue weighted by atomic mass is 19.1. The highest BCUT2D eigenvalue weighted by molar-refractivity contribution is 5.19. The number of halogens is 2. The van der Waals surface area contributed by atoms with Gasteiger partial charge in [0.1, 0.15) is 11.6 Å². The molecule has 94 valence electrons. The Kier molecular flexibility index (Phi) is 4.11. The van der Waals surface area contributed by atoms with Gasteiger partial charge in [-0.3, -0.25) is 0 Å². The van der Waals surface area contributed by atoms with Gasteiger partial charge in [0.15, 0.2) is 0 Å². The zero-order valence-corrected chi connectivity index (χ0v) is 9.96. The fourth-order valence-electron chi connectivity index (χ4n) is 2.85. The molecule has 1 fully saturated rings. The van der Waals surface area contributed by atoms with Crippen LogP contribution >= 0.6 is 0 Å². The van der Waals surface area contributed by atoms with Gasteiger partial charge < -0.3 is 5.73 Å². The number of nitrogens with two attached hydrogens (primary N) is 1. The molecule has 1 aromatic rings. The first-order valence-electron chi connectivity index (χ1n) is 6.34. The van der Waals surface area contributed by atoms with Gasteiger partial charge >= 0.3 is 0 Å². The lowest BCUT2D eigenvalue weighted by atomic mass is 9.85. The second kappa shape index (κ2) is 5.58. The van der Waals surface area contributed by atoms with Gasteiger partial charge in [-0.25, -0.2) is 8.78 Å². The van der Waals surface area contributed by atoms with Crippen molar-refractivity contribution < 1.29 is 8.78 Å². The molecular weight excluding hydrogens is 220 g/mol. The second-order valence-corrected chi connectivity index (χ2v) is 4.98. The molecule has 1 saturated carbocycles. The van der Waals surface area contributed by atoms with Crippen molar-refractivity contribution in [1.29, 1.82) is 0 Å². The largest absolute Gasteiger partial charge is 0.330 e. The van der Waals surface area contributed by atoms with Crippen LogP contribution in [-0.2, 0) is 6.42 Å². The van der Waals surface area contributed by atoms with Crippen LogP contribution < -0.4 is 5.73 Å². The van der Waals surface area contributed by atoms with Crippen molar-refractivity contribution in [3.8, 4) is 0 Å². The summed E-state index contributed by atoms with van der Waals surface area (Å²) in [5, 5.41) is 0. The Hall–Kier alpha value is -0.960. The minimum Gasteiger partial charge on any atom is -0.330 e. The molecule has 0 amide bonds. The smallest absolute Gasteiger partial charge is 0.126 e. The molecule has 0 heterocycles. The Morgan fingerprint density at radius 3 is 2.59 bits per heavy atom. The molecular formula is C14H19F2N. The van der Waals surface area contributed by atoms with E-state index in [1.54, 1.807) is 0 Å². The van der Waals surface area contributed by atoms with E-state index in [4.69, 9.17) is 5.73 Å². The Labute approximate surface area is 101 Å². The van der Waals surface area contributed by atoms with E-state index in [9.17, 15) is 8.78 Å². The number of hydrogen-bond acceptors (Lipinski definition) is 1. The van der Waals surface area contributed by atoms with Crippen LogP contribution in [0.2, 0.25) is 0 Å². The normalized spacial score (nSPS) is 18.5. The maximum Gasteiger partial charge on any atom is 0.126 e. The number of benzene rings is 1. The zero-order chi connectivity index (χ0) is 12.3. The van der Waals surface area contributed by atoms with E-state index in [0.29, 0.717) is 24.4 Å². The molecule has 0 aliphatic heterocycles. The molecule has 1 aliphatic rings. The fourth-order valence-corrected chi connectivity index (χ4v) is 2.85. The summed E-state index contributed by atoms with van der Waals surface area (Å²) in [6.07, 6.45) is 5.40. The first-order chi connectivity index (χ1) is 8.20. The maximum absolute atomic E-state index is 13.5. The van der Waals surface area contributed by atoms with E-state index >= 15 is 0 Å². The van der Waals surface area contributed by atoms with Crippen LogP contribution in [0.15, 0.2) is 18.2 Å². The van der Waals surface area contributed by atoms with Crippen LogP contribution in [0.4, 0.5) is 8.78 Å². The van der Waals surface area contributed by atoms with Crippen molar-refractivity contribution >= 4 is 0 Å². The lowest BCUT2D eigenvalue weighted by Gasteiger charge is -2.22. The average Bonchev–Trinajstić information content (AvgIpc) is 2.84. The molecule has 0 bridgehead atoms. The van der Waals surface area contributed by atoms with Crippen molar-refractivity contribution in [1.82, 2.24) is 0 Å². The predicted octanol–water partition coefficient (Wildman–Crippen LogP) is 3.27. The fraction of sp³-hybridized carbons (Fsp3) is 0.571. The second-order valence-electron chi connectivity index (χ2n) is 4.98. The monoisotopic (exact) mass is 239 g/mol. The van der Waals surface area contributed by atoms with Gasteiger partial charge in [-0.1, -0.05) is 25.7 Å². The average molecular weight is 239 g/mol. The summed E-state index contributed by atoms with van der Waals surface area (Å²) in [4.78, 5) is 0. The van der Waals surface area contributed by atoms with Crippen LogP contribution in [0.5, 0.6) is 0 Å². The van der Waals surface area contributed by atoms with Gasteiger partial charge in [0.2, 0.25) is 0 Å². The molecule has 0 spiro atoms. The van der Waals surface area contributed by atoms with Crippen molar-refractivity contribution in [2.24, 2.45) is 17.6 Å². The van der Waals surface area contributed by atoms with Gasteiger partial charge in [0.05, 0.1) is 0 Å². The molecule has 0 aromatic heterocycles. The van der Waals surface area contributed by atoms with Crippen LogP contribution in [-0.4, -0.2) is 6.54 Å². The Morgan fingerprint density at radius 1 is 1.24 bits per heavy atom. The third kappa shape index (κ3) is 3.03. The van der Waals surface area contributed by atoms with Gasteiger partial charge in [0, 0.05) is 0 Å². The summed E-state index contributed by atoms with van der Waals surface area (Å²) in [5.41, 5.74) is 6.24. The third-order valence-corrected chi connectivity index (χ3v) is 3.86. The van der Waals surface area contributed by atoms with Crippen molar-refractivity contribution in [3.05, 3.63) is 35.4 Å².